The fraction of sp³-hybridized carbons (Fsp3) is 0.238. The number of nitriles is 1. The third-order valence-electron chi connectivity index (χ3n) is 4.47. The van der Waals surface area contributed by atoms with E-state index in [1.54, 1.807) is 29.2 Å². The Morgan fingerprint density at radius 2 is 1.93 bits per heavy atom. The number of carbonyl (C=O) groups is 3. The van der Waals surface area contributed by atoms with Gasteiger partial charge in [0.15, 0.2) is 6.61 Å². The van der Waals surface area contributed by atoms with Crippen molar-refractivity contribution in [3.8, 4) is 6.07 Å². The molecule has 0 unspecified atom stereocenters. The highest BCUT2D eigenvalue weighted by Crippen LogP contribution is 2.26. The van der Waals surface area contributed by atoms with Gasteiger partial charge in [0, 0.05) is 18.7 Å². The van der Waals surface area contributed by atoms with E-state index in [2.05, 4.69) is 5.32 Å². The number of benzene rings is 2. The number of aryl methyl sites for hydroxylation is 1. The number of hydrogen-bond acceptors (Lipinski definition) is 5. The van der Waals surface area contributed by atoms with Crippen LogP contribution < -0.4 is 10.2 Å². The number of rotatable bonds is 5. The lowest BCUT2D eigenvalue weighted by molar-refractivity contribution is -0.151. The molecular weight excluding hydrogens is 358 g/mol. The summed E-state index contributed by atoms with van der Waals surface area (Å²) in [5.41, 5.74) is 2.48. The number of carbonyl (C=O) groups excluding carboxylic acids is 3. The van der Waals surface area contributed by atoms with Gasteiger partial charge in [0.2, 0.25) is 5.91 Å². The van der Waals surface area contributed by atoms with Gasteiger partial charge in [-0.15, -0.1) is 0 Å². The Kier molecular flexibility index (Phi) is 5.70. The molecule has 1 saturated heterocycles. The fourth-order valence-electron chi connectivity index (χ4n) is 2.97. The number of esters is 1. The van der Waals surface area contributed by atoms with Crippen LogP contribution in [-0.2, 0) is 19.1 Å². The number of nitrogens with zero attached hydrogens (tertiary/aromatic N) is 2. The van der Waals surface area contributed by atoms with Gasteiger partial charge in [0.1, 0.15) is 6.07 Å². The highest BCUT2D eigenvalue weighted by atomic mass is 16.5. The number of nitrogens with one attached hydrogen (secondary N) is 1. The highest BCUT2D eigenvalue weighted by Gasteiger charge is 2.36. The van der Waals surface area contributed by atoms with Crippen LogP contribution in [0.4, 0.5) is 11.4 Å². The van der Waals surface area contributed by atoms with E-state index in [1.807, 2.05) is 37.3 Å². The molecule has 7 heteroatoms. The van der Waals surface area contributed by atoms with Crippen molar-refractivity contribution >= 4 is 29.2 Å². The Bertz CT molecular complexity index is 947. The molecule has 0 bridgehead atoms. The van der Waals surface area contributed by atoms with Crippen molar-refractivity contribution in [2.75, 3.05) is 23.4 Å². The minimum Gasteiger partial charge on any atom is -0.455 e. The first-order valence-corrected chi connectivity index (χ1v) is 8.80. The number of anilines is 2. The van der Waals surface area contributed by atoms with E-state index in [0.29, 0.717) is 11.3 Å². The maximum Gasteiger partial charge on any atom is 0.311 e. The molecule has 0 aromatic heterocycles. The standard InChI is InChI=1S/C21H19N3O4/c1-14-6-8-17(9-7-14)24-12-16(10-20(24)26)21(27)28-13-19(25)23-18-5-3-2-4-15(18)11-22/h2-9,16H,10,12-13H2,1H3,(H,23,25)/t16-/m1/s1. The van der Waals surface area contributed by atoms with Crippen LogP contribution in [0.5, 0.6) is 0 Å². The van der Waals surface area contributed by atoms with Crippen LogP contribution in [0.25, 0.3) is 0 Å². The van der Waals surface area contributed by atoms with Gasteiger partial charge in [-0.2, -0.15) is 5.26 Å². The molecule has 0 spiro atoms. The Morgan fingerprint density at radius 1 is 1.21 bits per heavy atom. The smallest absolute Gasteiger partial charge is 0.311 e. The van der Waals surface area contributed by atoms with Gasteiger partial charge < -0.3 is 15.0 Å². The normalized spacial score (nSPS) is 15.8. The van der Waals surface area contributed by atoms with E-state index in [1.165, 1.54) is 0 Å². The van der Waals surface area contributed by atoms with Crippen molar-refractivity contribution in [1.82, 2.24) is 0 Å². The fourth-order valence-corrected chi connectivity index (χ4v) is 2.97. The predicted octanol–water partition coefficient (Wildman–Crippen LogP) is 2.40. The summed E-state index contributed by atoms with van der Waals surface area (Å²) in [5.74, 6) is -1.91. The van der Waals surface area contributed by atoms with Gasteiger partial charge in [0.25, 0.3) is 5.91 Å². The Balaban J connectivity index is 1.54. The zero-order chi connectivity index (χ0) is 20.1. The van der Waals surface area contributed by atoms with E-state index in [9.17, 15) is 14.4 Å². The topological polar surface area (TPSA) is 99.5 Å². The number of amides is 2. The largest absolute Gasteiger partial charge is 0.455 e. The van der Waals surface area contributed by atoms with Gasteiger partial charge in [-0.3, -0.25) is 14.4 Å². The second-order valence-corrected chi connectivity index (χ2v) is 6.55. The summed E-state index contributed by atoms with van der Waals surface area (Å²) in [6.07, 6.45) is 0.0472. The summed E-state index contributed by atoms with van der Waals surface area (Å²) in [4.78, 5) is 38.1. The minimum atomic E-state index is -0.618. The maximum atomic E-state index is 12.3. The van der Waals surface area contributed by atoms with Crippen LogP contribution in [-0.4, -0.2) is 30.9 Å². The first kappa shape index (κ1) is 19.1. The second kappa shape index (κ2) is 8.35. The molecule has 7 nitrogen and oxygen atoms in total. The van der Waals surface area contributed by atoms with Crippen molar-refractivity contribution in [1.29, 1.82) is 5.26 Å². The quantitative estimate of drug-likeness (QED) is 0.807. The van der Waals surface area contributed by atoms with E-state index >= 15 is 0 Å². The summed E-state index contributed by atoms with van der Waals surface area (Å²) in [7, 11) is 0. The third kappa shape index (κ3) is 4.35. The highest BCUT2D eigenvalue weighted by molar-refractivity contribution is 6.00. The second-order valence-electron chi connectivity index (χ2n) is 6.55. The summed E-state index contributed by atoms with van der Waals surface area (Å²) in [6, 6.07) is 16.0. The lowest BCUT2D eigenvalue weighted by Crippen LogP contribution is -2.28. The van der Waals surface area contributed by atoms with Crippen LogP contribution in [0.3, 0.4) is 0 Å². The van der Waals surface area contributed by atoms with Gasteiger partial charge in [-0.25, -0.2) is 0 Å². The third-order valence-corrected chi connectivity index (χ3v) is 4.47. The molecule has 2 aromatic rings. The zero-order valence-electron chi connectivity index (χ0n) is 15.3. The summed E-state index contributed by atoms with van der Waals surface area (Å²) in [5, 5.41) is 11.6. The Labute approximate surface area is 162 Å². The number of hydrogen-bond donors (Lipinski definition) is 1. The average molecular weight is 377 g/mol. The SMILES string of the molecule is Cc1ccc(N2C[C@H](C(=O)OCC(=O)Nc3ccccc3C#N)CC2=O)cc1. The molecule has 1 aliphatic rings. The van der Waals surface area contributed by atoms with Gasteiger partial charge in [0.05, 0.1) is 17.2 Å². The molecule has 0 aliphatic carbocycles. The molecule has 2 aromatic carbocycles. The molecule has 1 heterocycles. The number of ether oxygens (including phenoxy) is 1. The van der Waals surface area contributed by atoms with Crippen LogP contribution in [0, 0.1) is 24.2 Å². The monoisotopic (exact) mass is 377 g/mol. The molecule has 0 saturated carbocycles. The average Bonchev–Trinajstić information content (AvgIpc) is 3.09. The lowest BCUT2D eigenvalue weighted by Gasteiger charge is -2.16. The van der Waals surface area contributed by atoms with Crippen molar-refractivity contribution in [2.45, 2.75) is 13.3 Å². The van der Waals surface area contributed by atoms with Gasteiger partial charge in [-0.05, 0) is 31.2 Å². The van der Waals surface area contributed by atoms with Crippen LogP contribution in [0.1, 0.15) is 17.5 Å². The number of para-hydroxylation sites is 1. The van der Waals surface area contributed by atoms with Crippen LogP contribution >= 0.6 is 0 Å². The molecule has 2 amide bonds. The van der Waals surface area contributed by atoms with Crippen LogP contribution in [0.2, 0.25) is 0 Å². The zero-order valence-corrected chi connectivity index (χ0v) is 15.3. The van der Waals surface area contributed by atoms with Gasteiger partial charge in [-0.1, -0.05) is 29.8 Å². The molecule has 1 aliphatic heterocycles. The Hall–Kier alpha value is -3.66. The molecule has 1 atom stereocenters. The molecule has 0 radical (unpaired) electrons. The van der Waals surface area contributed by atoms with Gasteiger partial charge >= 0.3 is 5.97 Å². The van der Waals surface area contributed by atoms with Crippen molar-refractivity contribution < 1.29 is 19.1 Å². The summed E-state index contributed by atoms with van der Waals surface area (Å²) in [6.45, 7) is 1.70. The molecule has 142 valence electrons. The Morgan fingerprint density at radius 3 is 2.64 bits per heavy atom. The summed E-state index contributed by atoms with van der Waals surface area (Å²) < 4.78 is 5.07. The first-order chi connectivity index (χ1) is 13.5. The molecule has 1 N–H and O–H groups in total. The van der Waals surface area contributed by atoms with E-state index in [4.69, 9.17) is 10.00 Å². The first-order valence-electron chi connectivity index (χ1n) is 8.80. The van der Waals surface area contributed by atoms with Crippen molar-refractivity contribution in [2.24, 2.45) is 5.92 Å². The summed E-state index contributed by atoms with van der Waals surface area (Å²) >= 11 is 0. The van der Waals surface area contributed by atoms with E-state index in [-0.39, 0.29) is 18.9 Å². The predicted molar refractivity (Wildman–Crippen MR) is 102 cm³/mol. The van der Waals surface area contributed by atoms with E-state index < -0.39 is 24.4 Å². The van der Waals surface area contributed by atoms with E-state index in [0.717, 1.165) is 11.3 Å². The molecular formula is C21H19N3O4. The molecule has 1 fully saturated rings. The maximum absolute atomic E-state index is 12.3. The van der Waals surface area contributed by atoms with Crippen molar-refractivity contribution in [3.63, 3.8) is 0 Å². The molecule has 3 rings (SSSR count). The molecule has 28 heavy (non-hydrogen) atoms. The van der Waals surface area contributed by atoms with Crippen molar-refractivity contribution in [3.05, 3.63) is 59.7 Å². The lowest BCUT2D eigenvalue weighted by atomic mass is 10.1. The minimum absolute atomic E-state index is 0.0472. The van der Waals surface area contributed by atoms with Crippen LogP contribution in [0.15, 0.2) is 48.5 Å².